The highest BCUT2D eigenvalue weighted by atomic mass is 35.5. The minimum absolute atomic E-state index is 0.646. The quantitative estimate of drug-likeness (QED) is 0.257. The maximum atomic E-state index is 6.51. The lowest BCUT2D eigenvalue weighted by Gasteiger charge is -2.11. The first-order chi connectivity index (χ1) is 13.1. The molecule has 3 aromatic rings. The molecule has 0 N–H and O–H groups in total. The number of thioether (sulfide) groups is 1. The first-order valence-corrected chi connectivity index (χ1v) is 11.5. The van der Waals surface area contributed by atoms with Crippen molar-refractivity contribution < 1.29 is 0 Å². The summed E-state index contributed by atoms with van der Waals surface area (Å²) in [5, 5.41) is 1.29. The second-order valence-electron chi connectivity index (χ2n) is 6.77. The third-order valence-electron chi connectivity index (χ3n) is 4.60. The zero-order valence-electron chi connectivity index (χ0n) is 16.0. The van der Waals surface area contributed by atoms with E-state index < -0.39 is 0 Å². The predicted octanol–water partition coefficient (Wildman–Crippen LogP) is 8.09. The molecule has 1 aromatic heterocycles. The van der Waals surface area contributed by atoms with Gasteiger partial charge in [-0.2, -0.15) is 0 Å². The van der Waals surface area contributed by atoms with E-state index in [1.54, 1.807) is 6.07 Å². The van der Waals surface area contributed by atoms with E-state index in [2.05, 4.69) is 36.6 Å². The number of fused-ring (bicyclic) bond motifs is 1. The molecule has 0 aliphatic heterocycles. The third-order valence-corrected chi connectivity index (χ3v) is 6.35. The molecule has 0 aliphatic rings. The smallest absolute Gasteiger partial charge is 0.142 e. The molecule has 0 spiro atoms. The molecule has 1 heterocycles. The van der Waals surface area contributed by atoms with Gasteiger partial charge in [0.2, 0.25) is 0 Å². The zero-order valence-corrected chi connectivity index (χ0v) is 18.3. The van der Waals surface area contributed by atoms with E-state index in [0.717, 1.165) is 35.6 Å². The minimum atomic E-state index is 0.646. The summed E-state index contributed by atoms with van der Waals surface area (Å²) in [6.45, 7) is 5.40. The largest absolute Gasteiger partial charge is 0.324 e. The van der Waals surface area contributed by atoms with Crippen molar-refractivity contribution in [1.82, 2.24) is 9.55 Å². The van der Waals surface area contributed by atoms with Crippen LogP contribution in [0.2, 0.25) is 10.0 Å². The summed E-state index contributed by atoms with van der Waals surface area (Å²) in [4.78, 5) is 6.22. The summed E-state index contributed by atoms with van der Waals surface area (Å²) in [7, 11) is 0. The Hall–Kier alpha value is -1.16. The van der Waals surface area contributed by atoms with E-state index in [-0.39, 0.29) is 0 Å². The van der Waals surface area contributed by atoms with Crippen LogP contribution in [-0.2, 0) is 6.54 Å². The minimum Gasteiger partial charge on any atom is -0.324 e. The Kier molecular flexibility index (Phi) is 7.51. The number of rotatable bonds is 9. The zero-order chi connectivity index (χ0) is 19.2. The fourth-order valence-corrected chi connectivity index (χ4v) is 4.50. The van der Waals surface area contributed by atoms with Gasteiger partial charge in [0.05, 0.1) is 16.1 Å². The van der Waals surface area contributed by atoms with Crippen molar-refractivity contribution in [1.29, 1.82) is 0 Å². The van der Waals surface area contributed by atoms with E-state index in [1.165, 1.54) is 36.1 Å². The molecule has 0 aliphatic carbocycles. The monoisotopic (exact) mass is 420 g/mol. The second kappa shape index (κ2) is 9.86. The highest BCUT2D eigenvalue weighted by Crippen LogP contribution is 2.34. The van der Waals surface area contributed by atoms with Crippen LogP contribution in [-0.4, -0.2) is 15.3 Å². The molecule has 0 radical (unpaired) electrons. The van der Waals surface area contributed by atoms with Crippen molar-refractivity contribution in [2.24, 2.45) is 0 Å². The van der Waals surface area contributed by atoms with Crippen molar-refractivity contribution in [3.8, 4) is 11.4 Å². The predicted molar refractivity (Wildman–Crippen MR) is 120 cm³/mol. The van der Waals surface area contributed by atoms with Crippen LogP contribution in [0.4, 0.5) is 0 Å². The van der Waals surface area contributed by atoms with Gasteiger partial charge in [-0.1, -0.05) is 56.3 Å². The first kappa shape index (κ1) is 20.6. The molecule has 0 unspecified atom stereocenters. The molecule has 0 bridgehead atoms. The topological polar surface area (TPSA) is 17.8 Å². The summed E-state index contributed by atoms with van der Waals surface area (Å²) in [6, 6.07) is 12.2. The summed E-state index contributed by atoms with van der Waals surface area (Å²) >= 11 is 14.5. The van der Waals surface area contributed by atoms with Gasteiger partial charge in [-0.3, -0.25) is 0 Å². The number of nitrogens with zero attached hydrogens (tertiary/aromatic N) is 2. The molecule has 0 saturated heterocycles. The van der Waals surface area contributed by atoms with Crippen molar-refractivity contribution in [3.63, 3.8) is 0 Å². The number of hydrogen-bond acceptors (Lipinski definition) is 2. The third kappa shape index (κ3) is 5.01. The van der Waals surface area contributed by atoms with Crippen LogP contribution < -0.4 is 0 Å². The van der Waals surface area contributed by atoms with Gasteiger partial charge in [0.1, 0.15) is 5.82 Å². The Labute approximate surface area is 176 Å². The van der Waals surface area contributed by atoms with E-state index in [9.17, 15) is 0 Å². The van der Waals surface area contributed by atoms with E-state index in [4.69, 9.17) is 28.2 Å². The molecule has 2 nitrogen and oxygen atoms in total. The standard InChI is InChI=1S/C22H26Cl2N2S/c1-3-5-6-7-12-26-21-15-17(27-13-4-2)9-11-20(21)25-22(26)18-10-8-16(23)14-19(18)24/h8-11,14-15H,3-7,12-13H2,1-2H3. The molecule has 144 valence electrons. The number of aromatic nitrogens is 2. The molecule has 27 heavy (non-hydrogen) atoms. The number of hydrogen-bond donors (Lipinski definition) is 0. The molecule has 2 aromatic carbocycles. The van der Waals surface area contributed by atoms with Crippen molar-refractivity contribution in [3.05, 3.63) is 46.4 Å². The number of unbranched alkanes of at least 4 members (excludes halogenated alkanes) is 3. The average molecular weight is 421 g/mol. The van der Waals surface area contributed by atoms with Crippen LogP contribution in [0.15, 0.2) is 41.3 Å². The molecular formula is C22H26Cl2N2S. The summed E-state index contributed by atoms with van der Waals surface area (Å²) in [6.07, 6.45) is 6.04. The lowest BCUT2D eigenvalue weighted by molar-refractivity contribution is 0.594. The van der Waals surface area contributed by atoms with Gasteiger partial charge in [-0.25, -0.2) is 4.98 Å². The van der Waals surface area contributed by atoms with Crippen LogP contribution in [0.1, 0.15) is 46.0 Å². The normalized spacial score (nSPS) is 11.4. The SMILES string of the molecule is CCCCCCn1c(-c2ccc(Cl)cc2Cl)nc2ccc(SCCC)cc21. The van der Waals surface area contributed by atoms with Gasteiger partial charge in [0, 0.05) is 22.0 Å². The van der Waals surface area contributed by atoms with Crippen molar-refractivity contribution >= 4 is 46.0 Å². The van der Waals surface area contributed by atoms with Gasteiger partial charge in [0.25, 0.3) is 0 Å². The highest BCUT2D eigenvalue weighted by Gasteiger charge is 2.16. The van der Waals surface area contributed by atoms with Gasteiger partial charge < -0.3 is 4.57 Å². The Balaban J connectivity index is 2.04. The van der Waals surface area contributed by atoms with Crippen LogP contribution in [0.25, 0.3) is 22.4 Å². The average Bonchev–Trinajstić information content (AvgIpc) is 3.01. The Morgan fingerprint density at radius 2 is 1.81 bits per heavy atom. The molecular weight excluding hydrogens is 395 g/mol. The van der Waals surface area contributed by atoms with Gasteiger partial charge in [-0.15, -0.1) is 11.8 Å². The van der Waals surface area contributed by atoms with E-state index in [0.29, 0.717) is 10.0 Å². The van der Waals surface area contributed by atoms with Crippen LogP contribution in [0.5, 0.6) is 0 Å². The van der Waals surface area contributed by atoms with Gasteiger partial charge in [-0.05, 0) is 55.0 Å². The number of imidazole rings is 1. The molecule has 0 atom stereocenters. The number of halogens is 2. The first-order valence-electron chi connectivity index (χ1n) is 9.72. The van der Waals surface area contributed by atoms with Crippen LogP contribution >= 0.6 is 35.0 Å². The molecule has 5 heteroatoms. The van der Waals surface area contributed by atoms with Crippen LogP contribution in [0, 0.1) is 0 Å². The van der Waals surface area contributed by atoms with Gasteiger partial charge in [0.15, 0.2) is 0 Å². The van der Waals surface area contributed by atoms with E-state index in [1.807, 2.05) is 23.9 Å². The van der Waals surface area contributed by atoms with Crippen LogP contribution in [0.3, 0.4) is 0 Å². The summed E-state index contributed by atoms with van der Waals surface area (Å²) in [5.41, 5.74) is 3.15. The lowest BCUT2D eigenvalue weighted by Crippen LogP contribution is -2.01. The Morgan fingerprint density at radius 3 is 2.56 bits per heavy atom. The number of aryl methyl sites for hydroxylation is 1. The fourth-order valence-electron chi connectivity index (χ4n) is 3.21. The van der Waals surface area contributed by atoms with Gasteiger partial charge >= 0.3 is 0 Å². The molecule has 0 amide bonds. The highest BCUT2D eigenvalue weighted by molar-refractivity contribution is 7.99. The fraction of sp³-hybridized carbons (Fsp3) is 0.409. The maximum absolute atomic E-state index is 6.51. The Morgan fingerprint density at radius 1 is 0.963 bits per heavy atom. The second-order valence-corrected chi connectivity index (χ2v) is 8.78. The number of benzene rings is 2. The molecule has 3 rings (SSSR count). The molecule has 0 saturated carbocycles. The van der Waals surface area contributed by atoms with Crippen molar-refractivity contribution in [2.75, 3.05) is 5.75 Å². The summed E-state index contributed by atoms with van der Waals surface area (Å²) < 4.78 is 2.33. The maximum Gasteiger partial charge on any atom is 0.142 e. The van der Waals surface area contributed by atoms with Crippen molar-refractivity contribution in [2.45, 2.75) is 57.4 Å². The van der Waals surface area contributed by atoms with E-state index >= 15 is 0 Å². The summed E-state index contributed by atoms with van der Waals surface area (Å²) in [5.74, 6) is 2.06. The lowest BCUT2D eigenvalue weighted by atomic mass is 10.2. The molecule has 0 fully saturated rings. The Bertz CT molecular complexity index is 905.